The van der Waals surface area contributed by atoms with Crippen LogP contribution in [0.1, 0.15) is 73.1 Å². The zero-order chi connectivity index (χ0) is 22.3. The Morgan fingerprint density at radius 2 is 1.83 bits per heavy atom. The first-order chi connectivity index (χ1) is 14.0. The molecule has 3 aliphatic rings. The molecule has 0 aromatic rings. The molecule has 3 N–H and O–H groups in total. The Bertz CT molecular complexity index is 695. The van der Waals surface area contributed by atoms with Crippen LogP contribution in [0.3, 0.4) is 0 Å². The highest BCUT2D eigenvalue weighted by Crippen LogP contribution is 2.59. The molecule has 0 radical (unpaired) electrons. The summed E-state index contributed by atoms with van der Waals surface area (Å²) in [7, 11) is 0. The molecule has 170 valence electrons. The van der Waals surface area contributed by atoms with Crippen LogP contribution in [0.15, 0.2) is 23.8 Å². The van der Waals surface area contributed by atoms with Crippen molar-refractivity contribution in [2.75, 3.05) is 6.61 Å². The zero-order valence-corrected chi connectivity index (χ0v) is 19.5. The summed E-state index contributed by atoms with van der Waals surface area (Å²) in [4.78, 5) is 13.8. The van der Waals surface area contributed by atoms with E-state index in [9.17, 15) is 20.1 Å². The first kappa shape index (κ1) is 23.7. The third-order valence-corrected chi connectivity index (χ3v) is 8.75. The normalized spacial score (nSPS) is 43.2. The van der Waals surface area contributed by atoms with Crippen LogP contribution in [0.25, 0.3) is 0 Å². The second kappa shape index (κ2) is 8.88. The van der Waals surface area contributed by atoms with Gasteiger partial charge in [0.25, 0.3) is 0 Å². The van der Waals surface area contributed by atoms with Gasteiger partial charge >= 0.3 is 0 Å². The van der Waals surface area contributed by atoms with Crippen LogP contribution >= 0.6 is 0 Å². The summed E-state index contributed by atoms with van der Waals surface area (Å²) < 4.78 is 0. The third-order valence-electron chi connectivity index (χ3n) is 8.75. The minimum Gasteiger partial charge on any atom is -0.396 e. The van der Waals surface area contributed by atoms with Crippen LogP contribution in [-0.2, 0) is 4.79 Å². The molecule has 0 unspecified atom stereocenters. The smallest absolute Gasteiger partial charge is 0.165 e. The quantitative estimate of drug-likeness (QED) is 0.563. The van der Waals surface area contributed by atoms with E-state index >= 15 is 0 Å². The minimum absolute atomic E-state index is 0.0660. The Hall–Kier alpha value is -0.970. The molecule has 30 heavy (non-hydrogen) atoms. The number of hydrogen-bond acceptors (Lipinski definition) is 4. The molecule has 3 rings (SSSR count). The van der Waals surface area contributed by atoms with Gasteiger partial charge in [0.2, 0.25) is 0 Å². The molecule has 0 amide bonds. The number of Topliss-reactive ketones (excluding diaryl/α,β-unsaturated/α-hetero) is 1. The van der Waals surface area contributed by atoms with Gasteiger partial charge in [-0.2, -0.15) is 0 Å². The number of ketones is 1. The molecule has 4 heteroatoms. The molecule has 0 aliphatic heterocycles. The molecule has 3 aliphatic carbocycles. The predicted molar refractivity (Wildman–Crippen MR) is 120 cm³/mol. The number of aliphatic hydroxyl groups is 3. The number of allylic oxidation sites excluding steroid dienone is 3. The van der Waals surface area contributed by atoms with E-state index in [0.29, 0.717) is 43.4 Å². The Balaban J connectivity index is 1.94. The van der Waals surface area contributed by atoms with Gasteiger partial charge in [-0.15, -0.1) is 0 Å². The van der Waals surface area contributed by atoms with E-state index in [1.54, 1.807) is 0 Å². The van der Waals surface area contributed by atoms with Gasteiger partial charge < -0.3 is 15.3 Å². The van der Waals surface area contributed by atoms with E-state index in [4.69, 9.17) is 0 Å². The van der Waals surface area contributed by atoms with Gasteiger partial charge in [0.1, 0.15) is 0 Å². The fourth-order valence-electron chi connectivity index (χ4n) is 6.87. The summed E-state index contributed by atoms with van der Waals surface area (Å²) in [6.45, 7) is 11.0. The Morgan fingerprint density at radius 1 is 1.13 bits per heavy atom. The average Bonchev–Trinajstić information content (AvgIpc) is 3.01. The fourth-order valence-corrected chi connectivity index (χ4v) is 6.87. The molecule has 2 saturated carbocycles. The summed E-state index contributed by atoms with van der Waals surface area (Å²) in [5.41, 5.74) is 0.0224. The van der Waals surface area contributed by atoms with E-state index in [1.165, 1.54) is 0 Å². The summed E-state index contributed by atoms with van der Waals surface area (Å²) in [6, 6.07) is 0. The fraction of sp³-hybridized carbons (Fsp3) is 0.808. The van der Waals surface area contributed by atoms with E-state index in [-0.39, 0.29) is 29.6 Å². The minimum atomic E-state index is -0.687. The van der Waals surface area contributed by atoms with Crippen molar-refractivity contribution >= 4 is 5.78 Å². The van der Waals surface area contributed by atoms with Crippen LogP contribution in [0, 0.1) is 40.4 Å². The standard InChI is InChI=1S/C26H42O4/c1-16(2)6-7-17(3)20-8-9-21(25(20,4)12-13-27)19-15-23(29)22-14-18(28)10-11-26(22,5)24(19)30/h6-7,15-18,20-23,27-29H,8-14H2,1-5H3/b7-6+/t17-,18+,20-,21+,22-,23+,25-,26+/m1/s1. The average molecular weight is 419 g/mol. The first-order valence-corrected chi connectivity index (χ1v) is 12.0. The Labute approximate surface area is 182 Å². The van der Waals surface area contributed by atoms with Crippen LogP contribution in [0.5, 0.6) is 0 Å². The second-order valence-corrected chi connectivity index (χ2v) is 11.1. The highest BCUT2D eigenvalue weighted by atomic mass is 16.3. The van der Waals surface area contributed by atoms with Gasteiger partial charge in [-0.1, -0.05) is 46.8 Å². The van der Waals surface area contributed by atoms with Crippen LogP contribution < -0.4 is 0 Å². The summed E-state index contributed by atoms with van der Waals surface area (Å²) in [5, 5.41) is 31.0. The summed E-state index contributed by atoms with van der Waals surface area (Å²) in [6.07, 6.45) is 9.63. The van der Waals surface area contributed by atoms with E-state index in [2.05, 4.69) is 39.8 Å². The molecule has 0 aromatic carbocycles. The highest BCUT2D eigenvalue weighted by Gasteiger charge is 2.56. The van der Waals surface area contributed by atoms with Crippen molar-refractivity contribution in [2.45, 2.75) is 85.4 Å². The number of fused-ring (bicyclic) bond motifs is 1. The molecule has 0 heterocycles. The third kappa shape index (κ3) is 4.08. The van der Waals surface area contributed by atoms with Crippen LogP contribution in [-0.4, -0.2) is 39.9 Å². The molecule has 0 bridgehead atoms. The lowest BCUT2D eigenvalue weighted by molar-refractivity contribution is -0.138. The zero-order valence-electron chi connectivity index (χ0n) is 19.5. The molecule has 0 saturated heterocycles. The maximum absolute atomic E-state index is 13.8. The van der Waals surface area contributed by atoms with Crippen LogP contribution in [0.2, 0.25) is 0 Å². The summed E-state index contributed by atoms with van der Waals surface area (Å²) >= 11 is 0. The SMILES string of the molecule is CC(C)/C=C/[C@@H](C)[C@H]1CC[C@@H](C2=C[C@H](O)[C@H]3C[C@@H](O)CC[C@]3(C)C2=O)[C@]1(C)CCO. The predicted octanol–water partition coefficient (Wildman–Crippen LogP) is 4.29. The largest absolute Gasteiger partial charge is 0.396 e. The van der Waals surface area contributed by atoms with Crippen molar-refractivity contribution in [3.8, 4) is 0 Å². The van der Waals surface area contributed by atoms with Crippen molar-refractivity contribution in [3.05, 3.63) is 23.8 Å². The lowest BCUT2D eigenvalue weighted by atomic mass is 9.55. The maximum Gasteiger partial charge on any atom is 0.165 e. The summed E-state index contributed by atoms with van der Waals surface area (Å²) in [5.74, 6) is 1.32. The van der Waals surface area contributed by atoms with Crippen molar-refractivity contribution in [3.63, 3.8) is 0 Å². The van der Waals surface area contributed by atoms with Gasteiger partial charge in [-0.3, -0.25) is 4.79 Å². The van der Waals surface area contributed by atoms with E-state index in [0.717, 1.165) is 18.4 Å². The van der Waals surface area contributed by atoms with Crippen molar-refractivity contribution in [1.29, 1.82) is 0 Å². The monoisotopic (exact) mass is 418 g/mol. The Kier molecular flexibility index (Phi) is 7.01. The number of rotatable bonds is 6. The number of aliphatic hydroxyl groups excluding tert-OH is 3. The molecule has 8 atom stereocenters. The van der Waals surface area contributed by atoms with Gasteiger partial charge in [0.15, 0.2) is 5.78 Å². The first-order valence-electron chi connectivity index (χ1n) is 12.0. The lowest BCUT2D eigenvalue weighted by Gasteiger charge is -2.49. The highest BCUT2D eigenvalue weighted by molar-refractivity contribution is 6.01. The molecule has 0 spiro atoms. The molecular weight excluding hydrogens is 376 g/mol. The van der Waals surface area contributed by atoms with Gasteiger partial charge in [0.05, 0.1) is 12.2 Å². The van der Waals surface area contributed by atoms with Crippen molar-refractivity contribution < 1.29 is 20.1 Å². The van der Waals surface area contributed by atoms with Gasteiger partial charge in [-0.25, -0.2) is 0 Å². The lowest BCUT2D eigenvalue weighted by Crippen LogP contribution is -2.52. The second-order valence-electron chi connectivity index (χ2n) is 11.1. The molecule has 2 fully saturated rings. The van der Waals surface area contributed by atoms with Crippen molar-refractivity contribution in [2.24, 2.45) is 40.4 Å². The molecule has 4 nitrogen and oxygen atoms in total. The molecular formula is C26H42O4. The Morgan fingerprint density at radius 3 is 2.47 bits per heavy atom. The topological polar surface area (TPSA) is 77.8 Å². The van der Waals surface area contributed by atoms with E-state index < -0.39 is 17.6 Å². The maximum atomic E-state index is 13.8. The number of carbonyl (C=O) groups excluding carboxylic acids is 1. The molecule has 0 aromatic heterocycles. The van der Waals surface area contributed by atoms with Gasteiger partial charge in [-0.05, 0) is 79.3 Å². The van der Waals surface area contributed by atoms with Crippen LogP contribution in [0.4, 0.5) is 0 Å². The van der Waals surface area contributed by atoms with E-state index in [1.807, 2.05) is 13.0 Å². The number of hydrogen-bond donors (Lipinski definition) is 3. The van der Waals surface area contributed by atoms with Gasteiger partial charge in [0, 0.05) is 17.9 Å². The van der Waals surface area contributed by atoms with Crippen molar-refractivity contribution in [1.82, 2.24) is 0 Å². The number of carbonyl (C=O) groups is 1.